The molecule has 0 saturated carbocycles. The van der Waals surface area contributed by atoms with Gasteiger partial charge in [0.15, 0.2) is 0 Å². The monoisotopic (exact) mass is 217 g/mol. The second-order valence-electron chi connectivity index (χ2n) is 2.69. The van der Waals surface area contributed by atoms with E-state index in [1.807, 2.05) is 17.5 Å². The molecule has 0 aromatic carbocycles. The fourth-order valence-electron chi connectivity index (χ4n) is 0.999. The van der Waals surface area contributed by atoms with E-state index >= 15 is 0 Å². The van der Waals surface area contributed by atoms with Crippen molar-refractivity contribution in [1.29, 1.82) is 0 Å². The van der Waals surface area contributed by atoms with Crippen LogP contribution in [-0.2, 0) is 10.8 Å². The second kappa shape index (κ2) is 6.29. The number of thiophene rings is 1. The Morgan fingerprint density at radius 2 is 2.46 bits per heavy atom. The summed E-state index contributed by atoms with van der Waals surface area (Å²) in [5.41, 5.74) is 0. The van der Waals surface area contributed by atoms with Crippen molar-refractivity contribution in [2.45, 2.75) is 17.6 Å². The third-order valence-corrected chi connectivity index (χ3v) is 4.41. The van der Waals surface area contributed by atoms with E-state index < -0.39 is 10.8 Å². The Hall–Kier alpha value is -0.190. The first-order valence-corrected chi connectivity index (χ1v) is 6.67. The van der Waals surface area contributed by atoms with Gasteiger partial charge in [0.25, 0.3) is 0 Å². The van der Waals surface area contributed by atoms with Gasteiger partial charge < -0.3 is 5.32 Å². The predicted molar refractivity (Wildman–Crippen MR) is 58.8 cm³/mol. The normalized spacial score (nSPS) is 13.0. The molecule has 0 saturated heterocycles. The summed E-state index contributed by atoms with van der Waals surface area (Å²) in [6.07, 6.45) is 0.984. The van der Waals surface area contributed by atoms with Gasteiger partial charge >= 0.3 is 0 Å². The van der Waals surface area contributed by atoms with Crippen molar-refractivity contribution in [1.82, 2.24) is 5.32 Å². The maximum absolute atomic E-state index is 11.6. The third-order valence-electron chi connectivity index (χ3n) is 1.65. The molecule has 1 aromatic heterocycles. The molecule has 0 radical (unpaired) electrons. The predicted octanol–water partition coefficient (Wildman–Crippen LogP) is 1.86. The summed E-state index contributed by atoms with van der Waals surface area (Å²) in [6.45, 7) is 4.04. The van der Waals surface area contributed by atoms with Gasteiger partial charge in [0.05, 0.1) is 15.0 Å². The number of nitrogens with one attached hydrogen (secondary N) is 1. The van der Waals surface area contributed by atoms with Crippen LogP contribution in [0.15, 0.2) is 21.7 Å². The number of rotatable bonds is 6. The average Bonchev–Trinajstić information content (AvgIpc) is 2.65. The third kappa shape index (κ3) is 4.02. The van der Waals surface area contributed by atoms with Crippen molar-refractivity contribution < 1.29 is 4.21 Å². The zero-order valence-corrected chi connectivity index (χ0v) is 9.42. The van der Waals surface area contributed by atoms with Crippen LogP contribution in [0.3, 0.4) is 0 Å². The van der Waals surface area contributed by atoms with Crippen LogP contribution in [0.25, 0.3) is 0 Å². The smallest absolute Gasteiger partial charge is 0.0910 e. The summed E-state index contributed by atoms with van der Waals surface area (Å²) in [7, 11) is -0.777. The minimum absolute atomic E-state index is 0.771. The molecule has 0 aliphatic rings. The first-order chi connectivity index (χ1) is 6.34. The molecule has 0 aliphatic carbocycles. The zero-order valence-electron chi connectivity index (χ0n) is 7.79. The minimum atomic E-state index is -0.777. The van der Waals surface area contributed by atoms with Crippen LogP contribution in [-0.4, -0.2) is 23.1 Å². The van der Waals surface area contributed by atoms with Gasteiger partial charge in [0.1, 0.15) is 0 Å². The lowest BCUT2D eigenvalue weighted by Gasteiger charge is -2.00. The Kier molecular flexibility index (Phi) is 5.27. The molecule has 74 valence electrons. The average molecular weight is 217 g/mol. The quantitative estimate of drug-likeness (QED) is 0.737. The fraction of sp³-hybridized carbons (Fsp3) is 0.556. The highest BCUT2D eigenvalue weighted by atomic mass is 32.2. The fourth-order valence-corrected chi connectivity index (χ4v) is 3.13. The van der Waals surface area contributed by atoms with Crippen LogP contribution in [0, 0.1) is 0 Å². The summed E-state index contributed by atoms with van der Waals surface area (Å²) in [6, 6.07) is 3.89. The van der Waals surface area contributed by atoms with E-state index in [9.17, 15) is 4.21 Å². The van der Waals surface area contributed by atoms with Crippen molar-refractivity contribution >= 4 is 22.1 Å². The lowest BCUT2D eigenvalue weighted by atomic mass is 10.5. The Morgan fingerprint density at radius 1 is 1.62 bits per heavy atom. The molecule has 0 fully saturated rings. The highest BCUT2D eigenvalue weighted by Crippen LogP contribution is 2.14. The molecule has 1 N–H and O–H groups in total. The maximum atomic E-state index is 11.6. The van der Waals surface area contributed by atoms with Crippen molar-refractivity contribution in [2.24, 2.45) is 0 Å². The molecule has 1 atom stereocenters. The molecule has 1 heterocycles. The Morgan fingerprint density at radius 3 is 3.08 bits per heavy atom. The van der Waals surface area contributed by atoms with Gasteiger partial charge in [-0.3, -0.25) is 4.21 Å². The Labute approximate surface area is 85.8 Å². The van der Waals surface area contributed by atoms with E-state index in [1.165, 1.54) is 0 Å². The van der Waals surface area contributed by atoms with E-state index in [0.717, 1.165) is 29.5 Å². The van der Waals surface area contributed by atoms with E-state index in [4.69, 9.17) is 0 Å². The van der Waals surface area contributed by atoms with Crippen LogP contribution in [0.4, 0.5) is 0 Å². The van der Waals surface area contributed by atoms with Crippen LogP contribution in [0.1, 0.15) is 13.3 Å². The minimum Gasteiger partial charge on any atom is -0.317 e. The summed E-state index contributed by atoms with van der Waals surface area (Å²) >= 11 is 1.57. The Balaban J connectivity index is 2.19. The molecule has 0 spiro atoms. The van der Waals surface area contributed by atoms with Gasteiger partial charge in [-0.25, -0.2) is 0 Å². The summed E-state index contributed by atoms with van der Waals surface area (Å²) < 4.78 is 12.6. The van der Waals surface area contributed by atoms with Crippen LogP contribution < -0.4 is 5.32 Å². The van der Waals surface area contributed by atoms with Crippen LogP contribution in [0.5, 0.6) is 0 Å². The summed E-state index contributed by atoms with van der Waals surface area (Å²) in [5.74, 6) is 0.771. The molecule has 4 heteroatoms. The summed E-state index contributed by atoms with van der Waals surface area (Å²) in [5, 5.41) is 5.19. The molecule has 0 aliphatic heterocycles. The maximum Gasteiger partial charge on any atom is 0.0910 e. The highest BCUT2D eigenvalue weighted by Gasteiger charge is 2.02. The van der Waals surface area contributed by atoms with Crippen molar-refractivity contribution in [3.05, 3.63) is 17.5 Å². The topological polar surface area (TPSA) is 29.1 Å². The molecule has 0 amide bonds. The van der Waals surface area contributed by atoms with Gasteiger partial charge in [-0.2, -0.15) is 0 Å². The van der Waals surface area contributed by atoms with Gasteiger partial charge in [-0.15, -0.1) is 11.3 Å². The standard InChI is InChI=1S/C9H15NOS2/c1-2-10-6-4-8-13(11)9-5-3-7-12-9/h3,5,7,10H,2,4,6,8H2,1H3. The van der Waals surface area contributed by atoms with Crippen LogP contribution >= 0.6 is 11.3 Å². The molecule has 1 rings (SSSR count). The van der Waals surface area contributed by atoms with Crippen molar-refractivity contribution in [2.75, 3.05) is 18.8 Å². The lowest BCUT2D eigenvalue weighted by molar-refractivity contribution is 0.671. The van der Waals surface area contributed by atoms with E-state index in [0.29, 0.717) is 0 Å². The van der Waals surface area contributed by atoms with E-state index in [-0.39, 0.29) is 0 Å². The SMILES string of the molecule is CCNCCCS(=O)c1cccs1. The van der Waals surface area contributed by atoms with Crippen LogP contribution in [0.2, 0.25) is 0 Å². The van der Waals surface area contributed by atoms with E-state index in [2.05, 4.69) is 12.2 Å². The van der Waals surface area contributed by atoms with Gasteiger partial charge in [-0.05, 0) is 31.0 Å². The number of hydrogen-bond donors (Lipinski definition) is 1. The first-order valence-electron chi connectivity index (χ1n) is 4.47. The van der Waals surface area contributed by atoms with Crippen molar-refractivity contribution in [3.8, 4) is 0 Å². The molecule has 0 bridgehead atoms. The van der Waals surface area contributed by atoms with Gasteiger partial charge in [-0.1, -0.05) is 13.0 Å². The molecule has 2 nitrogen and oxygen atoms in total. The lowest BCUT2D eigenvalue weighted by Crippen LogP contribution is -2.16. The highest BCUT2D eigenvalue weighted by molar-refractivity contribution is 7.87. The molecule has 1 unspecified atom stereocenters. The molecular weight excluding hydrogens is 202 g/mol. The number of hydrogen-bond acceptors (Lipinski definition) is 3. The molecule has 13 heavy (non-hydrogen) atoms. The Bertz CT molecular complexity index is 246. The molecule has 1 aromatic rings. The first kappa shape index (κ1) is 10.9. The zero-order chi connectivity index (χ0) is 9.52. The van der Waals surface area contributed by atoms with Gasteiger partial charge in [0.2, 0.25) is 0 Å². The van der Waals surface area contributed by atoms with E-state index in [1.54, 1.807) is 11.3 Å². The van der Waals surface area contributed by atoms with Gasteiger partial charge in [0, 0.05) is 5.75 Å². The van der Waals surface area contributed by atoms with Crippen molar-refractivity contribution in [3.63, 3.8) is 0 Å². The largest absolute Gasteiger partial charge is 0.317 e. The second-order valence-corrected chi connectivity index (χ2v) is 5.43. The summed E-state index contributed by atoms with van der Waals surface area (Å²) in [4.78, 5) is 0. The molecular formula is C9H15NOS2.